The monoisotopic (exact) mass is 556 g/mol. The summed E-state index contributed by atoms with van der Waals surface area (Å²) < 4.78 is 6.21. The molecule has 7 heteroatoms. The van der Waals surface area contributed by atoms with Gasteiger partial charge in [0.25, 0.3) is 0 Å². The summed E-state index contributed by atoms with van der Waals surface area (Å²) in [7, 11) is 0. The molecule has 1 saturated heterocycles. The van der Waals surface area contributed by atoms with Crippen LogP contribution in [0, 0.1) is 5.92 Å². The van der Waals surface area contributed by atoms with Crippen LogP contribution in [0.4, 0.5) is 0 Å². The molecule has 180 valence electrons. The number of carbonyl (C=O) groups is 1. The van der Waals surface area contributed by atoms with E-state index in [1.165, 1.54) is 24.0 Å². The van der Waals surface area contributed by atoms with Gasteiger partial charge in [-0.1, -0.05) is 38.1 Å². The molecule has 1 fully saturated rings. The van der Waals surface area contributed by atoms with Crippen molar-refractivity contribution in [3.05, 3.63) is 35.4 Å². The molecule has 1 heterocycles. The summed E-state index contributed by atoms with van der Waals surface area (Å²) in [5.74, 6) is 1.21. The fourth-order valence-electron chi connectivity index (χ4n) is 4.49. The summed E-state index contributed by atoms with van der Waals surface area (Å²) in [6, 6.07) is 9.04. The molecular formula is C25H41IN4O2. The molecule has 2 N–H and O–H groups in total. The normalized spacial score (nSPS) is 19.3. The number of aryl methyl sites for hydroxylation is 1. The number of hydrogen-bond acceptors (Lipinski definition) is 3. The van der Waals surface area contributed by atoms with Crippen molar-refractivity contribution >= 4 is 35.8 Å². The third-order valence-electron chi connectivity index (χ3n) is 6.19. The van der Waals surface area contributed by atoms with Crippen molar-refractivity contribution in [1.29, 1.82) is 0 Å². The van der Waals surface area contributed by atoms with Crippen LogP contribution in [0.5, 0.6) is 0 Å². The van der Waals surface area contributed by atoms with E-state index in [2.05, 4.69) is 41.8 Å². The van der Waals surface area contributed by atoms with Gasteiger partial charge in [-0.25, -0.2) is 0 Å². The second kappa shape index (κ2) is 14.0. The SMILES string of the molecule is CCNC(=NCCCOC1CCCc2ccccc21)NC1CCN(C(=O)C(C)C)CC1.I. The fourth-order valence-corrected chi connectivity index (χ4v) is 4.49. The third-order valence-corrected chi connectivity index (χ3v) is 6.19. The number of halogens is 1. The Morgan fingerprint density at radius 3 is 2.69 bits per heavy atom. The lowest BCUT2D eigenvalue weighted by Gasteiger charge is -2.34. The van der Waals surface area contributed by atoms with E-state index < -0.39 is 0 Å². The number of likely N-dealkylation sites (tertiary alicyclic amines) is 1. The summed E-state index contributed by atoms with van der Waals surface area (Å²) in [4.78, 5) is 18.9. The van der Waals surface area contributed by atoms with Crippen molar-refractivity contribution < 1.29 is 9.53 Å². The Labute approximate surface area is 211 Å². The van der Waals surface area contributed by atoms with Crippen LogP contribution in [0.3, 0.4) is 0 Å². The van der Waals surface area contributed by atoms with Gasteiger partial charge >= 0.3 is 0 Å². The first-order chi connectivity index (χ1) is 15.1. The number of ether oxygens (including phenoxy) is 1. The highest BCUT2D eigenvalue weighted by molar-refractivity contribution is 14.0. The summed E-state index contributed by atoms with van der Waals surface area (Å²) >= 11 is 0. The minimum atomic E-state index is 0. The molecule has 1 unspecified atom stereocenters. The van der Waals surface area contributed by atoms with Crippen molar-refractivity contribution in [3.8, 4) is 0 Å². The predicted molar refractivity (Wildman–Crippen MR) is 142 cm³/mol. The minimum absolute atomic E-state index is 0. The Bertz CT molecular complexity index is 732. The summed E-state index contributed by atoms with van der Waals surface area (Å²) in [6.45, 7) is 10.00. The maximum absolute atomic E-state index is 12.2. The summed E-state index contributed by atoms with van der Waals surface area (Å²) in [5, 5.41) is 6.91. The second-order valence-electron chi connectivity index (χ2n) is 8.96. The van der Waals surface area contributed by atoms with Crippen LogP contribution in [0.15, 0.2) is 29.3 Å². The molecule has 32 heavy (non-hydrogen) atoms. The number of hydrogen-bond donors (Lipinski definition) is 2. The molecule has 0 aromatic heterocycles. The molecule has 0 saturated carbocycles. The number of guanidine groups is 1. The van der Waals surface area contributed by atoms with Gasteiger partial charge in [-0.15, -0.1) is 24.0 Å². The Morgan fingerprint density at radius 1 is 1.22 bits per heavy atom. The number of fused-ring (bicyclic) bond motifs is 1. The van der Waals surface area contributed by atoms with Crippen molar-refractivity contribution in [2.75, 3.05) is 32.8 Å². The van der Waals surface area contributed by atoms with Gasteiger partial charge in [0.05, 0.1) is 6.10 Å². The third kappa shape index (κ3) is 7.90. The molecular weight excluding hydrogens is 515 g/mol. The van der Waals surface area contributed by atoms with E-state index in [0.29, 0.717) is 6.04 Å². The van der Waals surface area contributed by atoms with Crippen molar-refractivity contribution in [2.45, 2.75) is 71.4 Å². The van der Waals surface area contributed by atoms with Crippen LogP contribution in [0.2, 0.25) is 0 Å². The van der Waals surface area contributed by atoms with Gasteiger partial charge in [-0.3, -0.25) is 9.79 Å². The van der Waals surface area contributed by atoms with Crippen molar-refractivity contribution in [3.63, 3.8) is 0 Å². The van der Waals surface area contributed by atoms with E-state index in [1.807, 2.05) is 18.7 Å². The molecule has 0 bridgehead atoms. The maximum atomic E-state index is 12.2. The van der Waals surface area contributed by atoms with E-state index >= 15 is 0 Å². The minimum Gasteiger partial charge on any atom is -0.373 e. The highest BCUT2D eigenvalue weighted by Crippen LogP contribution is 2.32. The fraction of sp³-hybridized carbons (Fsp3) is 0.680. The first-order valence-corrected chi connectivity index (χ1v) is 12.1. The first kappa shape index (κ1) is 26.9. The molecule has 3 rings (SSSR count). The Morgan fingerprint density at radius 2 is 1.97 bits per heavy atom. The molecule has 1 amide bonds. The molecule has 1 aromatic carbocycles. The van der Waals surface area contributed by atoms with E-state index in [1.54, 1.807) is 0 Å². The van der Waals surface area contributed by atoms with Crippen LogP contribution < -0.4 is 10.6 Å². The van der Waals surface area contributed by atoms with E-state index in [0.717, 1.165) is 64.4 Å². The molecule has 0 radical (unpaired) electrons. The average Bonchev–Trinajstić information content (AvgIpc) is 2.79. The smallest absolute Gasteiger partial charge is 0.225 e. The molecule has 1 aromatic rings. The van der Waals surface area contributed by atoms with E-state index in [4.69, 9.17) is 9.73 Å². The van der Waals surface area contributed by atoms with Gasteiger partial charge in [0, 0.05) is 44.7 Å². The highest BCUT2D eigenvalue weighted by atomic mass is 127. The Hall–Kier alpha value is -1.35. The van der Waals surface area contributed by atoms with Gasteiger partial charge in [0.15, 0.2) is 5.96 Å². The number of benzene rings is 1. The van der Waals surface area contributed by atoms with Gasteiger partial charge in [-0.2, -0.15) is 0 Å². The number of nitrogens with zero attached hydrogens (tertiary/aromatic N) is 2. The molecule has 0 spiro atoms. The zero-order valence-electron chi connectivity index (χ0n) is 19.9. The van der Waals surface area contributed by atoms with Crippen LogP contribution in [0.25, 0.3) is 0 Å². The van der Waals surface area contributed by atoms with Crippen molar-refractivity contribution in [1.82, 2.24) is 15.5 Å². The number of rotatable bonds is 8. The van der Waals surface area contributed by atoms with Gasteiger partial charge in [0.2, 0.25) is 5.91 Å². The number of amides is 1. The topological polar surface area (TPSA) is 66.0 Å². The largest absolute Gasteiger partial charge is 0.373 e. The average molecular weight is 557 g/mol. The second-order valence-corrected chi connectivity index (χ2v) is 8.96. The Kier molecular flexibility index (Phi) is 11.8. The summed E-state index contributed by atoms with van der Waals surface area (Å²) in [5.41, 5.74) is 2.81. The molecule has 6 nitrogen and oxygen atoms in total. The molecule has 1 atom stereocenters. The first-order valence-electron chi connectivity index (χ1n) is 12.1. The lowest BCUT2D eigenvalue weighted by molar-refractivity contribution is -0.135. The van der Waals surface area contributed by atoms with Crippen LogP contribution >= 0.6 is 24.0 Å². The number of aliphatic imine (C=N–C) groups is 1. The van der Waals surface area contributed by atoms with Gasteiger partial charge in [0.1, 0.15) is 0 Å². The lowest BCUT2D eigenvalue weighted by atomic mass is 9.89. The quantitative estimate of drug-likeness (QED) is 0.217. The number of nitrogens with one attached hydrogen (secondary N) is 2. The predicted octanol–water partition coefficient (Wildman–Crippen LogP) is 4.29. The molecule has 2 aliphatic rings. The highest BCUT2D eigenvalue weighted by Gasteiger charge is 2.24. The van der Waals surface area contributed by atoms with Crippen LogP contribution in [0.1, 0.15) is 70.1 Å². The Balaban J connectivity index is 0.00000363. The van der Waals surface area contributed by atoms with Crippen LogP contribution in [-0.2, 0) is 16.0 Å². The maximum Gasteiger partial charge on any atom is 0.225 e. The van der Waals surface area contributed by atoms with Crippen molar-refractivity contribution in [2.24, 2.45) is 10.9 Å². The molecule has 1 aliphatic carbocycles. The van der Waals surface area contributed by atoms with Gasteiger partial charge < -0.3 is 20.3 Å². The number of piperidine rings is 1. The zero-order chi connectivity index (χ0) is 22.1. The summed E-state index contributed by atoms with van der Waals surface area (Å²) in [6.07, 6.45) is 6.57. The van der Waals surface area contributed by atoms with Gasteiger partial charge in [-0.05, 0) is 56.6 Å². The zero-order valence-corrected chi connectivity index (χ0v) is 22.3. The number of carbonyl (C=O) groups excluding carboxylic acids is 1. The molecule has 1 aliphatic heterocycles. The van der Waals surface area contributed by atoms with E-state index in [-0.39, 0.29) is 41.9 Å². The van der Waals surface area contributed by atoms with Crippen LogP contribution in [-0.4, -0.2) is 55.6 Å². The van der Waals surface area contributed by atoms with E-state index in [9.17, 15) is 4.79 Å². The standard InChI is InChI=1S/C25H40N4O2.HI/c1-4-26-25(28-21-13-16-29(17-14-21)24(30)19(2)3)27-15-8-18-31-23-12-7-10-20-9-5-6-11-22(20)23;/h5-6,9,11,19,21,23H,4,7-8,10,12-18H2,1-3H3,(H2,26,27,28);1H. The lowest BCUT2D eigenvalue weighted by Crippen LogP contribution is -2.50.